The van der Waals surface area contributed by atoms with Gasteiger partial charge in [0.05, 0.1) is 19.1 Å². The van der Waals surface area contributed by atoms with E-state index in [0.29, 0.717) is 43.6 Å². The average molecular weight is 502 g/mol. The van der Waals surface area contributed by atoms with Crippen molar-refractivity contribution in [3.8, 4) is 0 Å². The number of hydrogen-bond donors (Lipinski definition) is 4. The van der Waals surface area contributed by atoms with Crippen molar-refractivity contribution >= 4 is 35.6 Å². The Labute approximate surface area is 203 Å². The van der Waals surface area contributed by atoms with Gasteiger partial charge in [0.2, 0.25) is 23.4 Å². The SMILES string of the molecule is C[C@@H]1CN(CCO)CCN1c1nc(Cl)nc(NNC(=O)[C@H](CC2CCCC2)CN(O)C=O)c1F. The highest BCUT2D eigenvalue weighted by Crippen LogP contribution is 2.31. The molecule has 2 aliphatic rings. The Bertz CT molecular complexity index is 846. The molecule has 1 aliphatic heterocycles. The van der Waals surface area contributed by atoms with Crippen molar-refractivity contribution in [2.24, 2.45) is 11.8 Å². The van der Waals surface area contributed by atoms with E-state index < -0.39 is 17.6 Å². The van der Waals surface area contributed by atoms with Gasteiger partial charge in [0.15, 0.2) is 11.6 Å². The number of halogens is 2. The number of aliphatic hydroxyl groups excluding tert-OH is 1. The summed E-state index contributed by atoms with van der Waals surface area (Å²) in [6.07, 6.45) is 4.92. The summed E-state index contributed by atoms with van der Waals surface area (Å²) in [5, 5.41) is 19.0. The first-order valence-electron chi connectivity index (χ1n) is 11.6. The number of carbonyl (C=O) groups is 2. The largest absolute Gasteiger partial charge is 0.395 e. The minimum Gasteiger partial charge on any atom is -0.395 e. The molecule has 0 bridgehead atoms. The summed E-state index contributed by atoms with van der Waals surface area (Å²) in [7, 11) is 0. The molecule has 34 heavy (non-hydrogen) atoms. The van der Waals surface area contributed by atoms with Gasteiger partial charge in [-0.1, -0.05) is 25.7 Å². The lowest BCUT2D eigenvalue weighted by Crippen LogP contribution is -2.53. The van der Waals surface area contributed by atoms with Gasteiger partial charge in [0.1, 0.15) is 0 Å². The number of piperazine rings is 1. The van der Waals surface area contributed by atoms with Crippen molar-refractivity contribution in [1.82, 2.24) is 25.4 Å². The molecule has 190 valence electrons. The van der Waals surface area contributed by atoms with Crippen molar-refractivity contribution in [2.45, 2.75) is 45.1 Å². The lowest BCUT2D eigenvalue weighted by Gasteiger charge is -2.40. The van der Waals surface area contributed by atoms with Gasteiger partial charge >= 0.3 is 0 Å². The van der Waals surface area contributed by atoms with E-state index in [-0.39, 0.29) is 42.5 Å². The number of hydrogen-bond acceptors (Lipinski definition) is 9. The molecule has 2 atom stereocenters. The molecule has 1 saturated carbocycles. The van der Waals surface area contributed by atoms with Crippen LogP contribution in [0.15, 0.2) is 0 Å². The van der Waals surface area contributed by atoms with E-state index in [0.717, 1.165) is 25.7 Å². The molecule has 3 rings (SSSR count). The highest BCUT2D eigenvalue weighted by Gasteiger charge is 2.30. The van der Waals surface area contributed by atoms with Gasteiger partial charge in [0.25, 0.3) is 0 Å². The summed E-state index contributed by atoms with van der Waals surface area (Å²) in [6, 6.07) is -0.0853. The number of rotatable bonds is 11. The number of hydrazine groups is 1. The molecule has 13 heteroatoms. The fourth-order valence-corrected chi connectivity index (χ4v) is 4.94. The number of nitrogens with one attached hydrogen (secondary N) is 2. The number of carbonyl (C=O) groups excluding carboxylic acids is 2. The monoisotopic (exact) mass is 501 g/mol. The number of hydroxylamine groups is 2. The van der Waals surface area contributed by atoms with Gasteiger partial charge in [-0.25, -0.2) is 5.06 Å². The third-order valence-corrected chi connectivity index (χ3v) is 6.67. The molecular weight excluding hydrogens is 469 g/mol. The van der Waals surface area contributed by atoms with E-state index in [4.69, 9.17) is 16.7 Å². The summed E-state index contributed by atoms with van der Waals surface area (Å²) in [6.45, 7) is 4.09. The summed E-state index contributed by atoms with van der Waals surface area (Å²) in [4.78, 5) is 35.5. The third-order valence-electron chi connectivity index (χ3n) is 6.50. The topological polar surface area (TPSA) is 134 Å². The summed E-state index contributed by atoms with van der Waals surface area (Å²) < 4.78 is 15.3. The van der Waals surface area contributed by atoms with Crippen molar-refractivity contribution in [3.05, 3.63) is 11.1 Å². The number of anilines is 2. The standard InChI is InChI=1S/C21H33ClFN7O4/c1-14-11-28(8-9-31)6-7-30(14)19-17(23)18(24-21(22)25-19)26-27-20(33)16(12-29(34)13-32)10-15-4-2-3-5-15/h13-16,31,34H,2-12H2,1H3,(H,27,33)(H,24,25,26)/t14-,16-/m1/s1. The lowest BCUT2D eigenvalue weighted by atomic mass is 9.92. The summed E-state index contributed by atoms with van der Waals surface area (Å²) >= 11 is 6.06. The fourth-order valence-electron chi connectivity index (χ4n) is 4.78. The van der Waals surface area contributed by atoms with Crippen LogP contribution in [-0.2, 0) is 9.59 Å². The molecule has 2 heterocycles. The maximum absolute atomic E-state index is 15.3. The normalized spacial score (nSPS) is 20.3. The third kappa shape index (κ3) is 6.87. The zero-order chi connectivity index (χ0) is 24.7. The first-order valence-corrected chi connectivity index (χ1v) is 12.0. The van der Waals surface area contributed by atoms with Crippen LogP contribution in [0.5, 0.6) is 0 Å². The van der Waals surface area contributed by atoms with Crippen LogP contribution >= 0.6 is 11.6 Å². The van der Waals surface area contributed by atoms with Crippen molar-refractivity contribution in [3.63, 3.8) is 0 Å². The van der Waals surface area contributed by atoms with Gasteiger partial charge < -0.3 is 10.0 Å². The molecule has 0 unspecified atom stereocenters. The maximum Gasteiger partial charge on any atom is 0.243 e. The summed E-state index contributed by atoms with van der Waals surface area (Å²) in [5.41, 5.74) is 4.95. The second kappa shape index (κ2) is 12.4. The molecule has 2 amide bonds. The Hall–Kier alpha value is -2.28. The van der Waals surface area contributed by atoms with E-state index in [9.17, 15) is 14.8 Å². The van der Waals surface area contributed by atoms with Crippen LogP contribution in [-0.4, -0.2) is 87.9 Å². The van der Waals surface area contributed by atoms with Crippen molar-refractivity contribution in [1.29, 1.82) is 0 Å². The van der Waals surface area contributed by atoms with E-state index in [2.05, 4.69) is 25.7 Å². The Morgan fingerprint density at radius 3 is 2.74 bits per heavy atom. The molecule has 0 radical (unpaired) electrons. The van der Waals surface area contributed by atoms with Gasteiger partial charge in [-0.05, 0) is 30.9 Å². The predicted molar refractivity (Wildman–Crippen MR) is 124 cm³/mol. The molecule has 1 aromatic rings. The average Bonchev–Trinajstić information content (AvgIpc) is 3.32. The highest BCUT2D eigenvalue weighted by molar-refractivity contribution is 6.28. The van der Waals surface area contributed by atoms with E-state index >= 15 is 4.39 Å². The first kappa shape index (κ1) is 26.3. The second-order valence-electron chi connectivity index (χ2n) is 8.97. The number of amides is 2. The molecule has 4 N–H and O–H groups in total. The highest BCUT2D eigenvalue weighted by atomic mass is 35.5. The molecule has 2 fully saturated rings. The predicted octanol–water partition coefficient (Wildman–Crippen LogP) is 1.26. The van der Waals surface area contributed by atoms with Crippen molar-refractivity contribution < 1.29 is 24.3 Å². The van der Waals surface area contributed by atoms with Crippen LogP contribution in [0.4, 0.5) is 16.0 Å². The fraction of sp³-hybridized carbons (Fsp3) is 0.714. The Balaban J connectivity index is 1.69. The number of nitrogens with zero attached hydrogens (tertiary/aromatic N) is 5. The van der Waals surface area contributed by atoms with Crippen LogP contribution in [0, 0.1) is 17.7 Å². The first-order chi connectivity index (χ1) is 16.3. The van der Waals surface area contributed by atoms with Gasteiger partial charge in [0, 0.05) is 32.2 Å². The molecule has 0 aromatic carbocycles. The molecule has 11 nitrogen and oxygen atoms in total. The van der Waals surface area contributed by atoms with E-state index in [1.54, 1.807) is 4.90 Å². The Morgan fingerprint density at radius 1 is 1.35 bits per heavy atom. The van der Waals surface area contributed by atoms with Gasteiger partial charge in [-0.2, -0.15) is 14.4 Å². The zero-order valence-electron chi connectivity index (χ0n) is 19.3. The van der Waals surface area contributed by atoms with E-state index in [1.807, 2.05) is 6.92 Å². The molecule has 1 aromatic heterocycles. The van der Waals surface area contributed by atoms with Crippen LogP contribution in [0.1, 0.15) is 39.0 Å². The zero-order valence-corrected chi connectivity index (χ0v) is 20.0. The minimum absolute atomic E-state index is 0.0258. The molecule has 1 saturated heterocycles. The Kier molecular flexibility index (Phi) is 9.63. The van der Waals surface area contributed by atoms with Crippen LogP contribution in [0.2, 0.25) is 5.28 Å². The minimum atomic E-state index is -0.754. The van der Waals surface area contributed by atoms with Crippen LogP contribution < -0.4 is 15.8 Å². The van der Waals surface area contributed by atoms with Crippen LogP contribution in [0.3, 0.4) is 0 Å². The number of aliphatic hydroxyl groups is 1. The summed E-state index contributed by atoms with van der Waals surface area (Å²) in [5.74, 6) is -1.84. The van der Waals surface area contributed by atoms with Gasteiger partial charge in [-0.15, -0.1) is 0 Å². The maximum atomic E-state index is 15.3. The lowest BCUT2D eigenvalue weighted by molar-refractivity contribution is -0.154. The van der Waals surface area contributed by atoms with Crippen molar-refractivity contribution in [2.75, 3.05) is 49.7 Å². The van der Waals surface area contributed by atoms with Crippen LogP contribution in [0.25, 0.3) is 0 Å². The smallest absolute Gasteiger partial charge is 0.243 e. The molecular formula is C21H33ClFN7O4. The molecule has 1 aliphatic carbocycles. The van der Waals surface area contributed by atoms with Gasteiger partial charge in [-0.3, -0.25) is 30.5 Å². The number of β-amino-alcohol motifs (C(OH)–C–C–N with tert-alkyl or cyclic N) is 1. The quantitative estimate of drug-likeness (QED) is 0.153. The molecule has 0 spiro atoms. The second-order valence-corrected chi connectivity index (χ2v) is 9.31. The number of aromatic nitrogens is 2. The Morgan fingerprint density at radius 2 is 2.09 bits per heavy atom. The van der Waals surface area contributed by atoms with E-state index in [1.165, 1.54) is 0 Å².